The third-order valence-corrected chi connectivity index (χ3v) is 4.54. The van der Waals surface area contributed by atoms with Crippen molar-refractivity contribution in [1.82, 2.24) is 5.23 Å². The summed E-state index contributed by atoms with van der Waals surface area (Å²) in [7, 11) is 2.07. The normalized spacial score (nSPS) is 16.0. The van der Waals surface area contributed by atoms with Gasteiger partial charge in [-0.05, 0) is 35.6 Å². The number of nitrogens with zero attached hydrogens (tertiary/aromatic N) is 1. The SMILES string of the molecule is N#Cc1ccccc1-c1ccc(CN[B]C2(N)CCCC2)cc1. The summed E-state index contributed by atoms with van der Waals surface area (Å²) < 4.78 is 0. The molecular formula is C19H21BN3. The van der Waals surface area contributed by atoms with Crippen LogP contribution in [0.5, 0.6) is 0 Å². The van der Waals surface area contributed by atoms with Crippen molar-refractivity contribution in [2.75, 3.05) is 0 Å². The first-order valence-corrected chi connectivity index (χ1v) is 8.15. The van der Waals surface area contributed by atoms with E-state index in [0.29, 0.717) is 5.56 Å². The minimum absolute atomic E-state index is 0.133. The minimum atomic E-state index is -0.133. The number of benzene rings is 2. The van der Waals surface area contributed by atoms with Gasteiger partial charge in [0.2, 0.25) is 7.41 Å². The molecular weight excluding hydrogens is 281 g/mol. The van der Waals surface area contributed by atoms with Gasteiger partial charge in [-0.15, -0.1) is 0 Å². The van der Waals surface area contributed by atoms with Crippen molar-refractivity contribution in [2.45, 2.75) is 37.7 Å². The summed E-state index contributed by atoms with van der Waals surface area (Å²) in [6.45, 7) is 0.777. The van der Waals surface area contributed by atoms with Gasteiger partial charge in [-0.3, -0.25) is 0 Å². The predicted octanol–water partition coefficient (Wildman–Crippen LogP) is 3.16. The van der Waals surface area contributed by atoms with Gasteiger partial charge < -0.3 is 11.0 Å². The van der Waals surface area contributed by atoms with Gasteiger partial charge in [0.05, 0.1) is 11.6 Å². The Labute approximate surface area is 138 Å². The highest BCUT2D eigenvalue weighted by molar-refractivity contribution is 6.37. The van der Waals surface area contributed by atoms with E-state index in [1.54, 1.807) is 0 Å². The van der Waals surface area contributed by atoms with Crippen LogP contribution >= 0.6 is 0 Å². The molecule has 1 fully saturated rings. The maximum Gasteiger partial charge on any atom is 0.228 e. The molecule has 4 heteroatoms. The highest BCUT2D eigenvalue weighted by Crippen LogP contribution is 2.26. The highest BCUT2D eigenvalue weighted by Gasteiger charge is 2.29. The van der Waals surface area contributed by atoms with E-state index < -0.39 is 0 Å². The van der Waals surface area contributed by atoms with Gasteiger partial charge >= 0.3 is 0 Å². The molecule has 1 aliphatic rings. The lowest BCUT2D eigenvalue weighted by atomic mass is 9.67. The lowest BCUT2D eigenvalue weighted by molar-refractivity contribution is 0.600. The fraction of sp³-hybridized carbons (Fsp3) is 0.316. The van der Waals surface area contributed by atoms with Gasteiger partial charge in [0, 0.05) is 12.0 Å². The van der Waals surface area contributed by atoms with Gasteiger partial charge in [-0.1, -0.05) is 55.3 Å². The van der Waals surface area contributed by atoms with Crippen LogP contribution in [0.2, 0.25) is 0 Å². The molecule has 3 N–H and O–H groups in total. The van der Waals surface area contributed by atoms with Crippen LogP contribution < -0.4 is 11.0 Å². The quantitative estimate of drug-likeness (QED) is 0.834. The first-order valence-electron chi connectivity index (χ1n) is 8.15. The van der Waals surface area contributed by atoms with Crippen molar-refractivity contribution in [3.63, 3.8) is 0 Å². The largest absolute Gasteiger partial charge is 0.355 e. The fourth-order valence-corrected chi connectivity index (χ4v) is 3.18. The Hall–Kier alpha value is -2.09. The molecule has 0 saturated heterocycles. The number of nitrogens with two attached hydrogens (primary N) is 1. The van der Waals surface area contributed by atoms with Crippen LogP contribution in [0.15, 0.2) is 48.5 Å². The molecule has 3 rings (SSSR count). The van der Waals surface area contributed by atoms with Gasteiger partial charge in [0.15, 0.2) is 0 Å². The van der Waals surface area contributed by atoms with Crippen LogP contribution in [0.1, 0.15) is 36.8 Å². The van der Waals surface area contributed by atoms with Crippen molar-refractivity contribution in [3.8, 4) is 17.2 Å². The lowest BCUT2D eigenvalue weighted by Gasteiger charge is -2.22. The molecule has 0 heterocycles. The number of hydrogen-bond acceptors (Lipinski definition) is 3. The number of nitriles is 1. The molecule has 0 bridgehead atoms. The molecule has 115 valence electrons. The topological polar surface area (TPSA) is 61.8 Å². The van der Waals surface area contributed by atoms with Crippen LogP contribution in [0.25, 0.3) is 11.1 Å². The van der Waals surface area contributed by atoms with Gasteiger partial charge in [-0.25, -0.2) is 0 Å². The predicted molar refractivity (Wildman–Crippen MR) is 94.6 cm³/mol. The standard InChI is InChI=1S/C19H21BN3/c21-13-17-5-1-2-6-18(17)16-9-7-15(8-10-16)14-23-20-19(22)11-3-4-12-19/h1-2,5-10,23H,3-4,11-12,14,22H2. The Balaban J connectivity index is 1.62. The van der Waals surface area contributed by atoms with Crippen molar-refractivity contribution in [3.05, 3.63) is 59.7 Å². The molecule has 0 atom stereocenters. The molecule has 0 amide bonds. The molecule has 2 aromatic rings. The summed E-state index contributed by atoms with van der Waals surface area (Å²) in [6, 6.07) is 18.3. The van der Waals surface area contributed by atoms with Crippen LogP contribution in [0.3, 0.4) is 0 Å². The van der Waals surface area contributed by atoms with Gasteiger partial charge in [0.1, 0.15) is 0 Å². The Morgan fingerprint density at radius 2 is 1.78 bits per heavy atom. The maximum atomic E-state index is 9.20. The van der Waals surface area contributed by atoms with Crippen molar-refractivity contribution >= 4 is 7.41 Å². The highest BCUT2D eigenvalue weighted by atomic mass is 14.8. The third kappa shape index (κ3) is 3.82. The number of rotatable bonds is 5. The first kappa shape index (κ1) is 15.8. The zero-order valence-corrected chi connectivity index (χ0v) is 13.3. The smallest absolute Gasteiger partial charge is 0.228 e. The molecule has 0 aliphatic heterocycles. The molecule has 1 saturated carbocycles. The van der Waals surface area contributed by atoms with E-state index in [0.717, 1.165) is 30.5 Å². The Kier molecular flexibility index (Phi) is 4.80. The Morgan fingerprint density at radius 3 is 2.48 bits per heavy atom. The lowest BCUT2D eigenvalue weighted by Crippen LogP contribution is -2.49. The van der Waals surface area contributed by atoms with Crippen LogP contribution in [-0.2, 0) is 6.54 Å². The maximum absolute atomic E-state index is 9.20. The second-order valence-corrected chi connectivity index (χ2v) is 6.32. The average Bonchev–Trinajstić information content (AvgIpc) is 3.02. The van der Waals surface area contributed by atoms with E-state index in [2.05, 4.69) is 43.0 Å². The molecule has 3 nitrogen and oxygen atoms in total. The minimum Gasteiger partial charge on any atom is -0.355 e. The monoisotopic (exact) mass is 302 g/mol. The van der Waals surface area contributed by atoms with Crippen molar-refractivity contribution in [1.29, 1.82) is 5.26 Å². The van der Waals surface area contributed by atoms with Crippen LogP contribution in [0.4, 0.5) is 0 Å². The van der Waals surface area contributed by atoms with E-state index in [-0.39, 0.29) is 5.44 Å². The zero-order valence-electron chi connectivity index (χ0n) is 13.3. The fourth-order valence-electron chi connectivity index (χ4n) is 3.18. The van der Waals surface area contributed by atoms with E-state index in [9.17, 15) is 5.26 Å². The molecule has 0 unspecified atom stereocenters. The summed E-state index contributed by atoms with van der Waals surface area (Å²) in [4.78, 5) is 0. The Bertz CT molecular complexity index is 697. The molecule has 23 heavy (non-hydrogen) atoms. The van der Waals surface area contributed by atoms with Crippen LogP contribution in [0, 0.1) is 11.3 Å². The molecule has 0 spiro atoms. The van der Waals surface area contributed by atoms with E-state index >= 15 is 0 Å². The second-order valence-electron chi connectivity index (χ2n) is 6.32. The van der Waals surface area contributed by atoms with Gasteiger partial charge in [0.25, 0.3) is 0 Å². The van der Waals surface area contributed by atoms with E-state index in [4.69, 9.17) is 5.73 Å². The molecule has 1 aliphatic carbocycles. The summed E-state index contributed by atoms with van der Waals surface area (Å²) >= 11 is 0. The molecule has 2 aromatic carbocycles. The number of nitrogens with one attached hydrogen (secondary N) is 1. The molecule has 1 radical (unpaired) electrons. The van der Waals surface area contributed by atoms with E-state index in [1.807, 2.05) is 24.3 Å². The average molecular weight is 302 g/mol. The summed E-state index contributed by atoms with van der Waals surface area (Å²) in [5.74, 6) is 0. The third-order valence-electron chi connectivity index (χ3n) is 4.54. The van der Waals surface area contributed by atoms with Crippen molar-refractivity contribution < 1.29 is 0 Å². The number of hydrogen-bond donors (Lipinski definition) is 2. The Morgan fingerprint density at radius 1 is 1.09 bits per heavy atom. The summed E-state index contributed by atoms with van der Waals surface area (Å²) in [6.07, 6.45) is 4.59. The van der Waals surface area contributed by atoms with E-state index in [1.165, 1.54) is 18.4 Å². The summed E-state index contributed by atoms with van der Waals surface area (Å²) in [5, 5.41) is 12.6. The van der Waals surface area contributed by atoms with Gasteiger partial charge in [-0.2, -0.15) is 5.26 Å². The second kappa shape index (κ2) is 7.00. The van der Waals surface area contributed by atoms with Crippen LogP contribution in [-0.4, -0.2) is 12.9 Å². The zero-order chi connectivity index (χ0) is 16.1. The first-order chi connectivity index (χ1) is 11.2. The molecule has 0 aromatic heterocycles. The van der Waals surface area contributed by atoms with Crippen molar-refractivity contribution in [2.24, 2.45) is 5.73 Å². The summed E-state index contributed by atoms with van der Waals surface area (Å²) in [5.41, 5.74) is 10.1.